The van der Waals surface area contributed by atoms with Crippen molar-refractivity contribution in [3.63, 3.8) is 0 Å². The quantitative estimate of drug-likeness (QED) is 0.0162. The van der Waals surface area contributed by atoms with Gasteiger partial charge in [0, 0.05) is 12.8 Å². The zero-order valence-corrected chi connectivity index (χ0v) is 37.9. The van der Waals surface area contributed by atoms with Crippen LogP contribution in [0.4, 0.5) is 0 Å². The Labute approximate surface area is 358 Å². The lowest BCUT2D eigenvalue weighted by Crippen LogP contribution is -2.37. The van der Waals surface area contributed by atoms with Crippen LogP contribution < -0.4 is 4.89 Å². The molecule has 2 unspecified atom stereocenters. The Morgan fingerprint density at radius 3 is 1.80 bits per heavy atom. The molecule has 0 aliphatic carbocycles. The molecule has 0 saturated heterocycles. The molecule has 0 aromatic heterocycles. The first-order valence-corrected chi connectivity index (χ1v) is 23.2. The lowest BCUT2D eigenvalue weighted by molar-refractivity contribution is -0.870. The number of phosphoric ester groups is 1. The van der Waals surface area contributed by atoms with Crippen molar-refractivity contribution >= 4 is 19.8 Å². The van der Waals surface area contributed by atoms with Gasteiger partial charge in [0.1, 0.15) is 19.8 Å². The number of hydrogen-bond acceptors (Lipinski definition) is 9. The normalized spacial score (nSPS) is 15.2. The highest BCUT2D eigenvalue weighted by Crippen LogP contribution is 2.38. The van der Waals surface area contributed by atoms with Crippen molar-refractivity contribution in [3.05, 3.63) is 109 Å². The fourth-order valence-electron chi connectivity index (χ4n) is 4.94. The van der Waals surface area contributed by atoms with Crippen LogP contribution in [0.1, 0.15) is 123 Å². The van der Waals surface area contributed by atoms with E-state index in [-0.39, 0.29) is 26.1 Å². The van der Waals surface area contributed by atoms with Gasteiger partial charge in [-0.15, -0.1) is 0 Å². The molecule has 59 heavy (non-hydrogen) atoms. The number of carbonyl (C=O) groups is 2. The molecule has 0 spiro atoms. The monoisotopic (exact) mass is 844 g/mol. The van der Waals surface area contributed by atoms with E-state index >= 15 is 0 Å². The van der Waals surface area contributed by atoms with Crippen molar-refractivity contribution in [2.45, 2.75) is 135 Å². The van der Waals surface area contributed by atoms with Crippen LogP contribution in [-0.2, 0) is 32.7 Å². The van der Waals surface area contributed by atoms with Crippen molar-refractivity contribution in [2.24, 2.45) is 0 Å². The number of aliphatic hydroxyl groups excluding tert-OH is 1. The summed E-state index contributed by atoms with van der Waals surface area (Å²) in [7, 11) is 1.02. The van der Waals surface area contributed by atoms with Crippen molar-refractivity contribution in [2.75, 3.05) is 47.5 Å². The van der Waals surface area contributed by atoms with Crippen LogP contribution in [-0.4, -0.2) is 81.2 Å². The van der Waals surface area contributed by atoms with Gasteiger partial charge in [0.05, 0.1) is 33.9 Å². The van der Waals surface area contributed by atoms with Crippen molar-refractivity contribution in [1.82, 2.24) is 0 Å². The van der Waals surface area contributed by atoms with E-state index in [2.05, 4.69) is 86.8 Å². The maximum Gasteiger partial charge on any atom is 0.306 e. The summed E-state index contributed by atoms with van der Waals surface area (Å²) in [6.07, 6.45) is 48.7. The van der Waals surface area contributed by atoms with E-state index < -0.39 is 38.6 Å². The van der Waals surface area contributed by atoms with Crippen LogP contribution in [0.25, 0.3) is 0 Å². The van der Waals surface area contributed by atoms with E-state index in [1.807, 2.05) is 39.4 Å². The molecule has 0 rings (SSSR count). The number of hydrogen-bond donors (Lipinski definition) is 1. The van der Waals surface area contributed by atoms with Crippen LogP contribution in [0.2, 0.25) is 0 Å². The second kappa shape index (κ2) is 38.8. The van der Waals surface area contributed by atoms with Gasteiger partial charge in [-0.05, 0) is 83.5 Å². The summed E-state index contributed by atoms with van der Waals surface area (Å²) in [6, 6.07) is 0. The van der Waals surface area contributed by atoms with Crippen LogP contribution in [0, 0.1) is 0 Å². The molecule has 0 amide bonds. The Kier molecular flexibility index (Phi) is 36.6. The Morgan fingerprint density at radius 2 is 1.20 bits per heavy atom. The molecule has 0 heterocycles. The Morgan fingerprint density at radius 1 is 0.644 bits per heavy atom. The Bertz CT molecular complexity index is 1380. The van der Waals surface area contributed by atoms with Gasteiger partial charge in [0.25, 0.3) is 7.82 Å². The minimum atomic E-state index is -4.68. The molecule has 0 fully saturated rings. The fraction of sp³-hybridized carbons (Fsp3) is 0.583. The van der Waals surface area contributed by atoms with E-state index in [1.54, 1.807) is 18.2 Å². The number of phosphoric acid groups is 1. The number of carbonyl (C=O) groups excluding carboxylic acids is 2. The molecule has 0 bridgehead atoms. The minimum Gasteiger partial charge on any atom is -0.756 e. The number of ether oxygens (including phenoxy) is 2. The Balaban J connectivity index is 4.67. The highest BCUT2D eigenvalue weighted by atomic mass is 31.2. The van der Waals surface area contributed by atoms with Crippen molar-refractivity contribution in [1.29, 1.82) is 0 Å². The van der Waals surface area contributed by atoms with Crippen LogP contribution >= 0.6 is 7.82 Å². The summed E-state index contributed by atoms with van der Waals surface area (Å²) >= 11 is 0. The highest BCUT2D eigenvalue weighted by molar-refractivity contribution is 7.45. The molecular weight excluding hydrogens is 765 g/mol. The third-order valence-corrected chi connectivity index (χ3v) is 9.33. The molecule has 334 valence electrons. The number of quaternary nitrogens is 1. The molecule has 0 radical (unpaired) electrons. The van der Waals surface area contributed by atoms with E-state index in [1.165, 1.54) is 19.3 Å². The molecular formula is C48H78NO9P. The predicted molar refractivity (Wildman–Crippen MR) is 241 cm³/mol. The van der Waals surface area contributed by atoms with Crippen molar-refractivity contribution < 1.29 is 47.2 Å². The van der Waals surface area contributed by atoms with E-state index in [9.17, 15) is 24.2 Å². The summed E-state index contributed by atoms with van der Waals surface area (Å²) < 4.78 is 33.7. The maximum absolute atomic E-state index is 12.7. The topological polar surface area (TPSA) is 131 Å². The smallest absolute Gasteiger partial charge is 0.306 e. The van der Waals surface area contributed by atoms with Gasteiger partial charge in [-0.25, -0.2) is 0 Å². The van der Waals surface area contributed by atoms with Gasteiger partial charge in [-0.1, -0.05) is 136 Å². The second-order valence-corrected chi connectivity index (χ2v) is 16.6. The van der Waals surface area contributed by atoms with Gasteiger partial charge in [0.15, 0.2) is 6.10 Å². The number of likely N-dealkylation sites (N-methyl/N-ethyl adjacent to an activating group) is 1. The third-order valence-electron chi connectivity index (χ3n) is 8.37. The predicted octanol–water partition coefficient (Wildman–Crippen LogP) is 10.7. The summed E-state index contributed by atoms with van der Waals surface area (Å²) in [5.41, 5.74) is 0. The van der Waals surface area contributed by atoms with E-state index in [0.29, 0.717) is 30.3 Å². The zero-order chi connectivity index (χ0) is 43.7. The summed E-state index contributed by atoms with van der Waals surface area (Å²) in [6.45, 7) is 3.79. The summed E-state index contributed by atoms with van der Waals surface area (Å²) in [4.78, 5) is 37.5. The summed E-state index contributed by atoms with van der Waals surface area (Å²) in [5.74, 6) is -1.07. The zero-order valence-electron chi connectivity index (χ0n) is 37.0. The van der Waals surface area contributed by atoms with Crippen LogP contribution in [0.15, 0.2) is 109 Å². The van der Waals surface area contributed by atoms with Gasteiger partial charge < -0.3 is 33.0 Å². The number of unbranched alkanes of at least 4 members (excludes halogenated alkanes) is 5. The largest absolute Gasteiger partial charge is 0.756 e. The first kappa shape index (κ1) is 55.6. The van der Waals surface area contributed by atoms with Gasteiger partial charge in [-0.2, -0.15) is 0 Å². The van der Waals surface area contributed by atoms with Gasteiger partial charge in [0.2, 0.25) is 0 Å². The van der Waals surface area contributed by atoms with E-state index in [4.69, 9.17) is 18.5 Å². The molecule has 10 nitrogen and oxygen atoms in total. The average Bonchev–Trinajstić information content (AvgIpc) is 3.18. The molecule has 0 aromatic rings. The average molecular weight is 844 g/mol. The number of esters is 2. The molecule has 0 aliphatic heterocycles. The standard InChI is InChI=1S/C48H78NO9P/c1-6-8-10-12-14-16-18-20-21-23-25-27-29-31-35-40-48(52)58-46(44-57-59(53,54)56-42-41-49(3,4)5)43-55-47(51)39-36-32-34-38-45(50)37-33-30-28-26-24-22-19-17-15-13-11-9-7-2/h9,11,14-17,20-22,24-25,27-28,30,32-34,37,45-46,50H,6-8,10,12-13,18-19,23,26,29,31,35-36,38-44H2,1-5H3/b11-9-,16-14-,17-15-,21-20-,24-22-,27-25-,30-28-,34-32-,37-33-/t45?,46-/m1/s1. The number of nitrogens with zero attached hydrogens (tertiary/aromatic N) is 1. The third kappa shape index (κ3) is 42.6. The Hall–Kier alpha value is -3.37. The van der Waals surface area contributed by atoms with Crippen LogP contribution in [0.3, 0.4) is 0 Å². The maximum atomic E-state index is 12.7. The lowest BCUT2D eigenvalue weighted by Gasteiger charge is -2.28. The number of aliphatic hydroxyl groups is 1. The highest BCUT2D eigenvalue weighted by Gasteiger charge is 2.21. The first-order valence-electron chi connectivity index (χ1n) is 21.7. The molecule has 3 atom stereocenters. The molecule has 1 N–H and O–H groups in total. The SMILES string of the molecule is CC/C=C\C/C=C\C/C=C\C/C=C\C=C/C(O)C/C=C\CCC(=O)OC[C@H](COP(=O)([O-])OCC[N+](C)(C)C)OC(=O)CCCC/C=C\C/C=C\C/C=C\CCCCC. The van der Waals surface area contributed by atoms with Crippen molar-refractivity contribution in [3.8, 4) is 0 Å². The molecule has 0 aliphatic rings. The molecule has 11 heteroatoms. The number of rotatable bonds is 37. The van der Waals surface area contributed by atoms with Crippen LogP contribution in [0.5, 0.6) is 0 Å². The van der Waals surface area contributed by atoms with Gasteiger partial charge in [-0.3, -0.25) is 14.2 Å². The number of allylic oxidation sites excluding steroid dienone is 16. The summed E-state index contributed by atoms with van der Waals surface area (Å²) in [5, 5.41) is 10.2. The first-order chi connectivity index (χ1) is 28.4. The van der Waals surface area contributed by atoms with Gasteiger partial charge >= 0.3 is 11.9 Å². The molecule has 0 saturated carbocycles. The minimum absolute atomic E-state index is 0.0552. The second-order valence-electron chi connectivity index (χ2n) is 15.2. The fourth-order valence-corrected chi connectivity index (χ4v) is 5.67. The lowest BCUT2D eigenvalue weighted by atomic mass is 10.1. The molecule has 0 aromatic carbocycles. The van der Waals surface area contributed by atoms with E-state index in [0.717, 1.165) is 57.8 Å².